The third kappa shape index (κ3) is 39.1. The van der Waals surface area contributed by atoms with Crippen LogP contribution in [-0.4, -0.2) is 263 Å². The predicted octanol–water partition coefficient (Wildman–Crippen LogP) is 9.04. The van der Waals surface area contributed by atoms with E-state index >= 15 is 0 Å². The van der Waals surface area contributed by atoms with E-state index in [2.05, 4.69) is 36.7 Å². The molecule has 0 aromatic carbocycles. The van der Waals surface area contributed by atoms with E-state index in [4.69, 9.17) is 0 Å². The molecule has 0 fully saturated rings. The fourth-order valence-corrected chi connectivity index (χ4v) is 18.2. The van der Waals surface area contributed by atoms with Crippen LogP contribution in [-0.2, 0) is 28.8 Å². The molecule has 0 rings (SSSR count). The lowest BCUT2D eigenvalue weighted by Gasteiger charge is -2.46. The third-order valence-corrected chi connectivity index (χ3v) is 25.4. The molecular formula is C71H139N7O15S6. The van der Waals surface area contributed by atoms with Gasteiger partial charge in [-0.05, 0) is 37.0 Å². The molecule has 0 aromatic rings. The third-order valence-electron chi connectivity index (χ3n) is 18.0. The van der Waals surface area contributed by atoms with Crippen molar-refractivity contribution in [3.8, 4) is 0 Å². The van der Waals surface area contributed by atoms with E-state index in [0.717, 1.165) is 70.5 Å². The minimum atomic E-state index is -2.49. The van der Waals surface area contributed by atoms with E-state index < -0.39 is 141 Å². The number of hydrogen-bond acceptors (Lipinski definition) is 22. The molecule has 584 valence electrons. The molecule has 99 heavy (non-hydrogen) atoms. The van der Waals surface area contributed by atoms with Gasteiger partial charge in [0, 0.05) is 93.0 Å². The zero-order valence-electron chi connectivity index (χ0n) is 62.4. The number of amides is 6. The van der Waals surface area contributed by atoms with Gasteiger partial charge in [-0.2, -0.15) is 0 Å². The molecule has 3 unspecified atom stereocenters. The summed E-state index contributed by atoms with van der Waals surface area (Å²) < 4.78 is 0. The zero-order valence-corrected chi connectivity index (χ0v) is 67.3. The summed E-state index contributed by atoms with van der Waals surface area (Å²) in [4.78, 5) is 91.3. The number of carbonyl (C=O) groups excluding carboxylic acids is 6. The van der Waals surface area contributed by atoms with Crippen molar-refractivity contribution in [3.05, 3.63) is 0 Å². The molecule has 22 nitrogen and oxygen atoms in total. The van der Waals surface area contributed by atoms with Gasteiger partial charge in [0.15, 0.2) is 5.72 Å². The largest absolute Gasteiger partial charge is 0.394 e. The van der Waals surface area contributed by atoms with Crippen LogP contribution in [0.1, 0.15) is 236 Å². The Balaban J connectivity index is 6.90. The molecule has 12 N–H and O–H groups in total. The maximum Gasteiger partial charge on any atom is 0.243 e. The van der Waals surface area contributed by atoms with Gasteiger partial charge in [0.05, 0.1) is 52.9 Å². The van der Waals surface area contributed by atoms with Crippen molar-refractivity contribution in [2.75, 3.05) is 127 Å². The highest BCUT2D eigenvalue weighted by molar-refractivity contribution is 8.77. The maximum absolute atomic E-state index is 14.6. The molecular weight excluding hydrogens is 1380 g/mol. The first-order valence-corrected chi connectivity index (χ1v) is 44.9. The van der Waals surface area contributed by atoms with Gasteiger partial charge < -0.3 is 71.7 Å². The van der Waals surface area contributed by atoms with Crippen LogP contribution in [0.3, 0.4) is 0 Å². The van der Waals surface area contributed by atoms with Crippen molar-refractivity contribution in [2.24, 2.45) is 17.8 Å². The smallest absolute Gasteiger partial charge is 0.243 e. The fourth-order valence-electron chi connectivity index (χ4n) is 11.8. The van der Waals surface area contributed by atoms with Gasteiger partial charge in [0.1, 0.15) is 29.2 Å². The molecule has 0 aliphatic rings. The summed E-state index contributed by atoms with van der Waals surface area (Å²) in [6.45, 7) is 9.63. The lowest BCUT2D eigenvalue weighted by atomic mass is 9.91. The van der Waals surface area contributed by atoms with Crippen molar-refractivity contribution in [1.29, 1.82) is 0 Å². The van der Waals surface area contributed by atoms with E-state index in [9.17, 15) is 74.7 Å². The van der Waals surface area contributed by atoms with Crippen molar-refractivity contribution in [1.82, 2.24) is 35.6 Å². The maximum atomic E-state index is 14.6. The van der Waals surface area contributed by atoms with Crippen molar-refractivity contribution in [3.63, 3.8) is 0 Å². The normalized spacial score (nSPS) is 13.2. The van der Waals surface area contributed by atoms with E-state index in [1.807, 2.05) is 0 Å². The SMILES string of the molecule is CCCCCCCCCCSSCCC(=O)N(C(C(=O)NCCN(CCNC(=O)C(C(C)C)N(C(=O)CCSSCCCCCCCCCC)C(CO)(CO)CO)CCNC(=O)C(C(C)C)N(C(=O)CCSSCCCCCCCCCC)C(CO)(CO)CO)C(C)C)C(O)(CO)CO. The van der Waals surface area contributed by atoms with Crippen molar-refractivity contribution in [2.45, 2.75) is 271 Å². The minimum absolute atomic E-state index is 0.0403. The van der Waals surface area contributed by atoms with Gasteiger partial charge in [-0.25, -0.2) is 0 Å². The Bertz CT molecular complexity index is 1960. The number of hydrogen-bond donors (Lipinski definition) is 12. The molecule has 28 heteroatoms. The second kappa shape index (κ2) is 60.6. The second-order valence-corrected chi connectivity index (χ2v) is 35.5. The molecule has 0 radical (unpaired) electrons. The average molecular weight is 1520 g/mol. The van der Waals surface area contributed by atoms with Crippen LogP contribution >= 0.6 is 64.8 Å². The quantitative estimate of drug-likeness (QED) is 0.0153. The van der Waals surface area contributed by atoms with Crippen molar-refractivity contribution >= 4 is 100 Å². The lowest BCUT2D eigenvalue weighted by Crippen LogP contribution is -2.67. The van der Waals surface area contributed by atoms with Crippen LogP contribution in [0.15, 0.2) is 0 Å². The predicted molar refractivity (Wildman–Crippen MR) is 415 cm³/mol. The molecule has 0 bridgehead atoms. The Hall–Kier alpha value is -1.48. The molecule has 0 spiro atoms. The summed E-state index contributed by atoms with van der Waals surface area (Å²) in [5.74, 6) is -1.63. The Labute approximate surface area is 621 Å². The fraction of sp³-hybridized carbons (Fsp3) is 0.915. The molecule has 0 aliphatic heterocycles. The molecule has 0 saturated heterocycles. The van der Waals surface area contributed by atoms with E-state index in [1.165, 1.54) is 148 Å². The van der Waals surface area contributed by atoms with Crippen LogP contribution < -0.4 is 16.0 Å². The summed E-state index contributed by atoms with van der Waals surface area (Å²) in [6.07, 6.45) is 28.5. The number of rotatable bonds is 68. The summed E-state index contributed by atoms with van der Waals surface area (Å²) in [7, 11) is 9.52. The topological polar surface area (TPSA) is 334 Å². The van der Waals surface area contributed by atoms with Crippen LogP contribution in [0.2, 0.25) is 0 Å². The summed E-state index contributed by atoms with van der Waals surface area (Å²) >= 11 is 0. The molecule has 3 atom stereocenters. The van der Waals surface area contributed by atoms with Gasteiger partial charge in [0.2, 0.25) is 35.4 Å². The van der Waals surface area contributed by atoms with Crippen LogP contribution in [0.25, 0.3) is 0 Å². The van der Waals surface area contributed by atoms with Gasteiger partial charge in [-0.15, -0.1) is 0 Å². The van der Waals surface area contributed by atoms with E-state index in [-0.39, 0.29) is 58.5 Å². The number of carbonyl (C=O) groups is 6. The molecule has 0 aliphatic carbocycles. The first-order chi connectivity index (χ1) is 47.6. The van der Waals surface area contributed by atoms with Gasteiger partial charge in [-0.1, -0.05) is 262 Å². The molecule has 0 saturated carbocycles. The van der Waals surface area contributed by atoms with Crippen molar-refractivity contribution < 1.29 is 74.7 Å². The van der Waals surface area contributed by atoms with Crippen LogP contribution in [0, 0.1) is 17.8 Å². The highest BCUT2D eigenvalue weighted by Crippen LogP contribution is 2.32. The highest BCUT2D eigenvalue weighted by Gasteiger charge is 2.49. The molecule has 0 heterocycles. The first kappa shape index (κ1) is 97.5. The Morgan fingerprint density at radius 3 is 0.778 bits per heavy atom. The Morgan fingerprint density at radius 2 is 0.545 bits per heavy atom. The number of unbranched alkanes of at least 4 members (excludes halogenated alkanes) is 21. The Kier molecular flexibility index (Phi) is 59.7. The zero-order chi connectivity index (χ0) is 74.3. The number of nitrogens with one attached hydrogen (secondary N) is 3. The monoisotopic (exact) mass is 1520 g/mol. The standard InChI is InChI=1S/C71H139N7O15S6/c1-10-13-16-19-22-25-28-31-43-94-97-46-34-60(87)76(69(49-79,50-80)51-81)63(57(4)5)66(90)72-37-40-75(42-39-74-68(92)65(59(8)9)78(71(93,55-85)56-86)62(89)36-48-99-96-45-33-30-27-24-21-18-15-12-3)41-38-73-67(91)64(58(6)7)77(70(52-82,53-83)54-84)61(88)35-47-98-95-44-32-29-26-23-20-17-14-11-2/h57-59,63-65,79-86,93H,10-56H2,1-9H3,(H,72,90)(H,73,91)(H,74,92). The minimum Gasteiger partial charge on any atom is -0.394 e. The van der Waals surface area contributed by atoms with E-state index in [1.54, 1.807) is 78.8 Å². The summed E-state index contributed by atoms with van der Waals surface area (Å²) in [5, 5.41) is 106. The second-order valence-electron chi connectivity index (χ2n) is 27.4. The van der Waals surface area contributed by atoms with Crippen LogP contribution in [0.5, 0.6) is 0 Å². The van der Waals surface area contributed by atoms with E-state index in [0.29, 0.717) is 17.3 Å². The Morgan fingerprint density at radius 1 is 0.323 bits per heavy atom. The summed E-state index contributed by atoms with van der Waals surface area (Å²) in [5.41, 5.74) is -6.28. The molecule has 0 aromatic heterocycles. The first-order valence-electron chi connectivity index (χ1n) is 37.4. The number of nitrogens with zero attached hydrogens (tertiary/aromatic N) is 4. The van der Waals surface area contributed by atoms with Gasteiger partial charge in [-0.3, -0.25) is 38.6 Å². The lowest BCUT2D eigenvalue weighted by molar-refractivity contribution is -0.196. The van der Waals surface area contributed by atoms with Crippen LogP contribution in [0.4, 0.5) is 0 Å². The number of aliphatic hydroxyl groups is 9. The van der Waals surface area contributed by atoms with Gasteiger partial charge >= 0.3 is 0 Å². The molecule has 6 amide bonds. The summed E-state index contributed by atoms with van der Waals surface area (Å²) in [6, 6.07) is -3.89. The average Bonchev–Trinajstić information content (AvgIpc) is 0.804. The van der Waals surface area contributed by atoms with Gasteiger partial charge in [0.25, 0.3) is 0 Å². The number of aliphatic hydroxyl groups excluding tert-OH is 8. The highest BCUT2D eigenvalue weighted by atomic mass is 33.1.